The maximum Gasteiger partial charge on any atom is 0.251 e. The lowest BCUT2D eigenvalue weighted by molar-refractivity contribution is -0.136. The van der Waals surface area contributed by atoms with E-state index in [9.17, 15) is 9.90 Å². The van der Waals surface area contributed by atoms with Crippen molar-refractivity contribution in [2.75, 3.05) is 6.54 Å². The Morgan fingerprint density at radius 1 is 1.71 bits per heavy atom. The first-order valence-electron chi connectivity index (χ1n) is 4.35. The molecule has 0 saturated carbocycles. The molecule has 1 aromatic rings. The van der Waals surface area contributed by atoms with Crippen LogP contribution in [0.25, 0.3) is 0 Å². The number of H-pyrrole nitrogens is 1. The van der Waals surface area contributed by atoms with Crippen molar-refractivity contribution in [3.63, 3.8) is 0 Å². The minimum Gasteiger partial charge on any atom is -0.381 e. The summed E-state index contributed by atoms with van der Waals surface area (Å²) in [5.41, 5.74) is -1.33. The molecule has 0 fully saturated rings. The van der Waals surface area contributed by atoms with Crippen LogP contribution in [0.3, 0.4) is 0 Å². The van der Waals surface area contributed by atoms with Gasteiger partial charge in [-0.3, -0.25) is 9.89 Å². The maximum atomic E-state index is 11.2. The van der Waals surface area contributed by atoms with Gasteiger partial charge < -0.3 is 10.4 Å². The maximum absolute atomic E-state index is 11.2. The summed E-state index contributed by atoms with van der Waals surface area (Å²) >= 11 is 0. The molecule has 1 heterocycles. The van der Waals surface area contributed by atoms with Gasteiger partial charge in [0.15, 0.2) is 0 Å². The van der Waals surface area contributed by atoms with E-state index in [1.165, 1.54) is 20.2 Å². The lowest BCUT2D eigenvalue weighted by atomic mass is 10.1. The van der Waals surface area contributed by atoms with E-state index >= 15 is 0 Å². The molecule has 0 radical (unpaired) electrons. The second-order valence-corrected chi connectivity index (χ2v) is 3.50. The van der Waals surface area contributed by atoms with Gasteiger partial charge in [-0.05, 0) is 13.8 Å². The number of rotatable bonds is 4. The van der Waals surface area contributed by atoms with Crippen LogP contribution in [0.1, 0.15) is 19.7 Å². The lowest BCUT2D eigenvalue weighted by Crippen LogP contribution is -2.42. The summed E-state index contributed by atoms with van der Waals surface area (Å²) in [6, 6.07) is 0. The first-order chi connectivity index (χ1) is 6.50. The zero-order valence-electron chi connectivity index (χ0n) is 8.24. The molecule has 0 aromatic carbocycles. The summed E-state index contributed by atoms with van der Waals surface area (Å²) in [6.07, 6.45) is 1.98. The van der Waals surface area contributed by atoms with Crippen molar-refractivity contribution < 1.29 is 9.90 Å². The minimum atomic E-state index is -1.33. The topological polar surface area (TPSA) is 90.9 Å². The van der Waals surface area contributed by atoms with E-state index in [2.05, 4.69) is 20.5 Å². The van der Waals surface area contributed by atoms with E-state index < -0.39 is 11.5 Å². The fourth-order valence-electron chi connectivity index (χ4n) is 0.862. The van der Waals surface area contributed by atoms with Crippen LogP contribution in [0.4, 0.5) is 0 Å². The van der Waals surface area contributed by atoms with Gasteiger partial charge in [0.1, 0.15) is 17.8 Å². The first kappa shape index (κ1) is 10.6. The first-order valence-corrected chi connectivity index (χ1v) is 4.35. The van der Waals surface area contributed by atoms with Crippen LogP contribution in [0.5, 0.6) is 0 Å². The molecule has 0 bridgehead atoms. The smallest absolute Gasteiger partial charge is 0.251 e. The lowest BCUT2D eigenvalue weighted by Gasteiger charge is -2.15. The second kappa shape index (κ2) is 4.19. The molecule has 6 heteroatoms. The second-order valence-electron chi connectivity index (χ2n) is 3.50. The summed E-state index contributed by atoms with van der Waals surface area (Å²) in [5.74, 6) is 0.318. The Kier molecular flexibility index (Phi) is 3.19. The normalized spacial score (nSPS) is 11.4. The van der Waals surface area contributed by atoms with Crippen molar-refractivity contribution in [3.05, 3.63) is 12.2 Å². The number of aromatic amines is 1. The van der Waals surface area contributed by atoms with E-state index in [4.69, 9.17) is 0 Å². The van der Waals surface area contributed by atoms with Gasteiger partial charge in [-0.25, -0.2) is 4.98 Å². The highest BCUT2D eigenvalue weighted by molar-refractivity contribution is 5.83. The third-order valence-corrected chi connectivity index (χ3v) is 1.67. The van der Waals surface area contributed by atoms with E-state index in [1.54, 1.807) is 0 Å². The molecule has 1 rings (SSSR count). The zero-order chi connectivity index (χ0) is 10.6. The summed E-state index contributed by atoms with van der Waals surface area (Å²) in [7, 11) is 0. The number of nitrogens with zero attached hydrogens (tertiary/aromatic N) is 2. The number of aliphatic hydroxyl groups is 1. The van der Waals surface area contributed by atoms with Crippen molar-refractivity contribution in [2.24, 2.45) is 0 Å². The monoisotopic (exact) mass is 198 g/mol. The van der Waals surface area contributed by atoms with E-state index in [-0.39, 0.29) is 0 Å². The Bertz CT molecular complexity index is 289. The highest BCUT2D eigenvalue weighted by atomic mass is 16.3. The van der Waals surface area contributed by atoms with Gasteiger partial charge in [-0.15, -0.1) is 0 Å². The number of nitrogens with one attached hydrogen (secondary N) is 2. The van der Waals surface area contributed by atoms with Crippen molar-refractivity contribution in [1.29, 1.82) is 0 Å². The number of aromatic nitrogens is 3. The van der Waals surface area contributed by atoms with E-state index in [0.717, 1.165) is 0 Å². The molecular formula is C8H14N4O2. The molecule has 14 heavy (non-hydrogen) atoms. The summed E-state index contributed by atoms with van der Waals surface area (Å²) in [6.45, 7) is 3.31. The van der Waals surface area contributed by atoms with Gasteiger partial charge in [-0.1, -0.05) is 0 Å². The summed E-state index contributed by atoms with van der Waals surface area (Å²) in [4.78, 5) is 15.1. The average Bonchev–Trinajstić information content (AvgIpc) is 2.55. The minimum absolute atomic E-state index is 0.392. The molecule has 0 aliphatic rings. The van der Waals surface area contributed by atoms with Gasteiger partial charge in [0.25, 0.3) is 5.91 Å². The summed E-state index contributed by atoms with van der Waals surface area (Å²) in [5, 5.41) is 18.2. The Labute approximate surface area is 81.7 Å². The van der Waals surface area contributed by atoms with Crippen LogP contribution in [0.15, 0.2) is 6.33 Å². The average molecular weight is 198 g/mol. The Morgan fingerprint density at radius 2 is 2.43 bits per heavy atom. The predicted octanol–water partition coefficient (Wildman–Crippen LogP) is -0.766. The van der Waals surface area contributed by atoms with Crippen LogP contribution in [-0.4, -0.2) is 38.3 Å². The van der Waals surface area contributed by atoms with Crippen molar-refractivity contribution in [3.8, 4) is 0 Å². The Hall–Kier alpha value is -1.43. The zero-order valence-corrected chi connectivity index (χ0v) is 8.24. The van der Waals surface area contributed by atoms with Gasteiger partial charge in [0.05, 0.1) is 0 Å². The van der Waals surface area contributed by atoms with Crippen LogP contribution in [0.2, 0.25) is 0 Å². The molecule has 78 valence electrons. The van der Waals surface area contributed by atoms with Crippen LogP contribution in [-0.2, 0) is 11.2 Å². The number of hydrogen-bond acceptors (Lipinski definition) is 4. The number of carbonyl (C=O) groups excluding carboxylic acids is 1. The SMILES string of the molecule is CC(C)(O)C(=O)NCCc1ncn[nH]1. The summed E-state index contributed by atoms with van der Waals surface area (Å²) < 4.78 is 0. The Balaban J connectivity index is 2.26. The highest BCUT2D eigenvalue weighted by Gasteiger charge is 2.22. The number of hydrogen-bond donors (Lipinski definition) is 3. The number of carbonyl (C=O) groups is 1. The molecule has 0 atom stereocenters. The van der Waals surface area contributed by atoms with Crippen LogP contribution < -0.4 is 5.32 Å². The van der Waals surface area contributed by atoms with Crippen molar-refractivity contribution >= 4 is 5.91 Å². The Morgan fingerprint density at radius 3 is 2.93 bits per heavy atom. The highest BCUT2D eigenvalue weighted by Crippen LogP contribution is 1.99. The molecule has 6 nitrogen and oxygen atoms in total. The fraction of sp³-hybridized carbons (Fsp3) is 0.625. The number of amides is 1. The molecule has 0 spiro atoms. The molecule has 0 unspecified atom stereocenters. The molecule has 3 N–H and O–H groups in total. The quantitative estimate of drug-likeness (QED) is 0.592. The van der Waals surface area contributed by atoms with Gasteiger partial charge >= 0.3 is 0 Å². The largest absolute Gasteiger partial charge is 0.381 e. The molecule has 0 aliphatic carbocycles. The molecule has 1 amide bonds. The third-order valence-electron chi connectivity index (χ3n) is 1.67. The predicted molar refractivity (Wildman–Crippen MR) is 49.4 cm³/mol. The third kappa shape index (κ3) is 3.14. The van der Waals surface area contributed by atoms with Crippen LogP contribution >= 0.6 is 0 Å². The molecule has 0 aliphatic heterocycles. The van der Waals surface area contributed by atoms with Gasteiger partial charge in [0, 0.05) is 13.0 Å². The van der Waals surface area contributed by atoms with E-state index in [1.807, 2.05) is 0 Å². The van der Waals surface area contributed by atoms with Crippen molar-refractivity contribution in [2.45, 2.75) is 25.9 Å². The molecule has 1 aromatic heterocycles. The standard InChI is InChI=1S/C8H14N4O2/c1-8(2,14)7(13)9-4-3-6-10-5-11-12-6/h5,14H,3-4H2,1-2H3,(H,9,13)(H,10,11,12). The van der Waals surface area contributed by atoms with Gasteiger partial charge in [-0.2, -0.15) is 5.10 Å². The fourth-order valence-corrected chi connectivity index (χ4v) is 0.862. The van der Waals surface area contributed by atoms with E-state index in [0.29, 0.717) is 18.8 Å². The van der Waals surface area contributed by atoms with Gasteiger partial charge in [0.2, 0.25) is 0 Å². The molecular weight excluding hydrogens is 184 g/mol. The van der Waals surface area contributed by atoms with Crippen LogP contribution in [0, 0.1) is 0 Å². The van der Waals surface area contributed by atoms with Crippen molar-refractivity contribution in [1.82, 2.24) is 20.5 Å². The molecule has 0 saturated heterocycles.